The van der Waals surface area contributed by atoms with Crippen molar-refractivity contribution >= 4 is 17.3 Å². The van der Waals surface area contributed by atoms with Crippen molar-refractivity contribution < 1.29 is 14.5 Å². The number of nitrogens with one attached hydrogen (secondary N) is 1. The Labute approximate surface area is 141 Å². The van der Waals surface area contributed by atoms with Crippen LogP contribution in [-0.2, 0) is 6.54 Å². The molecule has 3 N–H and O–H groups in total. The van der Waals surface area contributed by atoms with E-state index in [9.17, 15) is 24.5 Å². The summed E-state index contributed by atoms with van der Waals surface area (Å²) >= 11 is 0. The Morgan fingerprint density at radius 1 is 1.36 bits per heavy atom. The smallest absolute Gasteiger partial charge is 0.329 e. The number of nitro benzene ring substituents is 1. The van der Waals surface area contributed by atoms with Gasteiger partial charge in [-0.2, -0.15) is 0 Å². The van der Waals surface area contributed by atoms with Crippen molar-refractivity contribution in [3.8, 4) is 5.75 Å². The van der Waals surface area contributed by atoms with Crippen LogP contribution in [0.25, 0.3) is 0 Å². The number of aromatic amines is 1. The minimum Gasteiger partial charge on any atom is -0.478 e. The van der Waals surface area contributed by atoms with Crippen molar-refractivity contribution in [3.63, 3.8) is 0 Å². The third-order valence-corrected chi connectivity index (χ3v) is 3.39. The summed E-state index contributed by atoms with van der Waals surface area (Å²) in [5.41, 5.74) is 3.42. The lowest BCUT2D eigenvalue weighted by molar-refractivity contribution is -0.385. The van der Waals surface area contributed by atoms with Gasteiger partial charge in [0.1, 0.15) is 11.4 Å². The zero-order valence-electron chi connectivity index (χ0n) is 13.4. The number of ketones is 1. The number of aromatic nitrogens is 2. The number of benzene rings is 1. The van der Waals surface area contributed by atoms with Crippen LogP contribution < -0.4 is 21.7 Å². The van der Waals surface area contributed by atoms with Crippen LogP contribution in [0.2, 0.25) is 0 Å². The number of para-hydroxylation sites is 2. The van der Waals surface area contributed by atoms with Crippen molar-refractivity contribution in [2.24, 2.45) is 0 Å². The maximum Gasteiger partial charge on any atom is 0.329 e. The zero-order chi connectivity index (χ0) is 18.6. The van der Waals surface area contributed by atoms with E-state index < -0.39 is 34.1 Å². The number of nitrogens with two attached hydrogens (primary N) is 1. The minimum absolute atomic E-state index is 0.113. The molecule has 0 aliphatic rings. The minimum atomic E-state index is -0.925. The first kappa shape index (κ1) is 17.9. The molecular formula is C15H16N4O6. The molecule has 1 aromatic heterocycles. The number of H-pyrrole nitrogens is 1. The topological polar surface area (TPSA) is 150 Å². The highest BCUT2D eigenvalue weighted by Crippen LogP contribution is 2.25. The lowest BCUT2D eigenvalue weighted by Crippen LogP contribution is -2.37. The highest BCUT2D eigenvalue weighted by molar-refractivity contribution is 6.00. The van der Waals surface area contributed by atoms with E-state index in [4.69, 9.17) is 10.5 Å². The Morgan fingerprint density at radius 2 is 2.04 bits per heavy atom. The van der Waals surface area contributed by atoms with Gasteiger partial charge in [0.2, 0.25) is 5.78 Å². The van der Waals surface area contributed by atoms with E-state index in [0.29, 0.717) is 6.42 Å². The number of anilines is 1. The van der Waals surface area contributed by atoms with Crippen LogP contribution in [0.15, 0.2) is 33.9 Å². The first-order chi connectivity index (χ1) is 11.9. The van der Waals surface area contributed by atoms with Crippen molar-refractivity contribution in [2.45, 2.75) is 19.9 Å². The molecule has 1 aromatic carbocycles. The Balaban J connectivity index is 2.31. The quantitative estimate of drug-likeness (QED) is 0.424. The summed E-state index contributed by atoms with van der Waals surface area (Å²) in [5.74, 6) is -1.16. The Hall–Kier alpha value is -3.43. The molecule has 10 nitrogen and oxygen atoms in total. The number of nitrogen functional groups attached to an aromatic ring is 1. The molecule has 0 amide bonds. The van der Waals surface area contributed by atoms with Gasteiger partial charge < -0.3 is 10.5 Å². The normalized spacial score (nSPS) is 10.4. The summed E-state index contributed by atoms with van der Waals surface area (Å²) in [6, 6.07) is 5.52. The second-order valence-corrected chi connectivity index (χ2v) is 5.11. The molecule has 10 heteroatoms. The van der Waals surface area contributed by atoms with Crippen molar-refractivity contribution in [1.29, 1.82) is 0 Å². The number of nitrogens with zero attached hydrogens (tertiary/aromatic N) is 2. The van der Waals surface area contributed by atoms with Gasteiger partial charge in [-0.05, 0) is 12.5 Å². The van der Waals surface area contributed by atoms with Crippen LogP contribution >= 0.6 is 0 Å². The summed E-state index contributed by atoms with van der Waals surface area (Å²) < 4.78 is 6.25. The van der Waals surface area contributed by atoms with Gasteiger partial charge in [0.05, 0.1) is 4.92 Å². The van der Waals surface area contributed by atoms with Crippen LogP contribution in [0.3, 0.4) is 0 Å². The van der Waals surface area contributed by atoms with Crippen LogP contribution in [0.1, 0.15) is 23.7 Å². The van der Waals surface area contributed by atoms with Crippen molar-refractivity contribution in [1.82, 2.24) is 9.55 Å². The number of nitro groups is 1. The van der Waals surface area contributed by atoms with Gasteiger partial charge in [-0.1, -0.05) is 19.1 Å². The molecule has 2 rings (SSSR count). The van der Waals surface area contributed by atoms with E-state index in [2.05, 4.69) is 0 Å². The standard InChI is InChI=1S/C15H16N4O6/c1-2-7-18-13(16)12(14(21)17-15(18)22)10(20)8-25-11-6-4-3-5-9(11)19(23)24/h3-6H,2,7-8,16H2,1H3,(H,17,21,22). The van der Waals surface area contributed by atoms with E-state index in [1.165, 1.54) is 24.3 Å². The summed E-state index contributed by atoms with van der Waals surface area (Å²) in [6.07, 6.45) is 0.566. The van der Waals surface area contributed by atoms with E-state index in [0.717, 1.165) is 4.57 Å². The average molecular weight is 348 g/mol. The molecule has 0 radical (unpaired) electrons. The van der Waals surface area contributed by atoms with Gasteiger partial charge in [-0.15, -0.1) is 0 Å². The van der Waals surface area contributed by atoms with Gasteiger partial charge in [-0.25, -0.2) is 4.79 Å². The maximum absolute atomic E-state index is 12.3. The molecular weight excluding hydrogens is 332 g/mol. The summed E-state index contributed by atoms with van der Waals surface area (Å²) in [7, 11) is 0. The second kappa shape index (κ2) is 7.43. The zero-order valence-corrected chi connectivity index (χ0v) is 13.4. The molecule has 25 heavy (non-hydrogen) atoms. The molecule has 0 bridgehead atoms. The third kappa shape index (κ3) is 3.74. The highest BCUT2D eigenvalue weighted by atomic mass is 16.6. The molecule has 0 spiro atoms. The molecule has 2 aromatic rings. The van der Waals surface area contributed by atoms with E-state index in [-0.39, 0.29) is 23.8 Å². The summed E-state index contributed by atoms with van der Waals surface area (Å²) in [6.45, 7) is 1.39. The van der Waals surface area contributed by atoms with E-state index in [1.54, 1.807) is 6.92 Å². The number of carbonyl (C=O) groups is 1. The highest BCUT2D eigenvalue weighted by Gasteiger charge is 2.21. The van der Waals surface area contributed by atoms with Crippen LogP contribution in [0.5, 0.6) is 5.75 Å². The third-order valence-electron chi connectivity index (χ3n) is 3.39. The lowest BCUT2D eigenvalue weighted by Gasteiger charge is -2.11. The van der Waals surface area contributed by atoms with Gasteiger partial charge >= 0.3 is 11.4 Å². The van der Waals surface area contributed by atoms with Crippen LogP contribution in [0.4, 0.5) is 11.5 Å². The number of hydrogen-bond donors (Lipinski definition) is 2. The monoisotopic (exact) mass is 348 g/mol. The number of carbonyl (C=O) groups excluding carboxylic acids is 1. The largest absolute Gasteiger partial charge is 0.478 e. The Morgan fingerprint density at radius 3 is 2.68 bits per heavy atom. The Bertz CT molecular complexity index is 930. The fraction of sp³-hybridized carbons (Fsp3) is 0.267. The fourth-order valence-corrected chi connectivity index (χ4v) is 2.25. The van der Waals surface area contributed by atoms with Crippen LogP contribution in [0, 0.1) is 10.1 Å². The SMILES string of the molecule is CCCn1c(N)c(C(=O)COc2ccccc2[N+](=O)[O-])c(=O)[nH]c1=O. The number of ether oxygens (including phenoxy) is 1. The summed E-state index contributed by atoms with van der Waals surface area (Å²) in [4.78, 5) is 48.2. The van der Waals surface area contributed by atoms with E-state index in [1.807, 2.05) is 4.98 Å². The molecule has 0 aliphatic carbocycles. The molecule has 0 saturated heterocycles. The second-order valence-electron chi connectivity index (χ2n) is 5.11. The molecule has 0 atom stereocenters. The van der Waals surface area contributed by atoms with Gasteiger partial charge in [0.25, 0.3) is 5.56 Å². The van der Waals surface area contributed by atoms with Crippen molar-refractivity contribution in [2.75, 3.05) is 12.3 Å². The Kier molecular flexibility index (Phi) is 5.32. The van der Waals surface area contributed by atoms with Crippen LogP contribution in [-0.4, -0.2) is 26.9 Å². The number of Topliss-reactive ketones (excluding diaryl/α,β-unsaturated/α-hetero) is 1. The molecule has 0 unspecified atom stereocenters. The first-order valence-corrected chi connectivity index (χ1v) is 7.38. The fourth-order valence-electron chi connectivity index (χ4n) is 2.25. The van der Waals surface area contributed by atoms with Gasteiger partial charge in [-0.3, -0.25) is 29.3 Å². The lowest BCUT2D eigenvalue weighted by atomic mass is 10.2. The number of hydrogen-bond acceptors (Lipinski definition) is 7. The van der Waals surface area contributed by atoms with Gasteiger partial charge in [0, 0.05) is 12.6 Å². The molecule has 132 valence electrons. The maximum atomic E-state index is 12.3. The molecule has 1 heterocycles. The predicted molar refractivity (Wildman–Crippen MR) is 88.9 cm³/mol. The molecule has 0 aliphatic heterocycles. The molecule has 0 saturated carbocycles. The van der Waals surface area contributed by atoms with Gasteiger partial charge in [0.15, 0.2) is 12.4 Å². The number of rotatable bonds is 7. The molecule has 0 fully saturated rings. The predicted octanol–water partition coefficient (Wildman–Crippen LogP) is 0.699. The first-order valence-electron chi connectivity index (χ1n) is 7.38. The summed E-state index contributed by atoms with van der Waals surface area (Å²) in [5, 5.41) is 10.9. The van der Waals surface area contributed by atoms with E-state index >= 15 is 0 Å². The van der Waals surface area contributed by atoms with Crippen molar-refractivity contribution in [3.05, 3.63) is 60.8 Å². The average Bonchev–Trinajstić information content (AvgIpc) is 2.56.